The van der Waals surface area contributed by atoms with Gasteiger partial charge in [0, 0.05) is 0 Å². The molecule has 0 unspecified atom stereocenters. The van der Waals surface area contributed by atoms with E-state index in [0.717, 1.165) is 0 Å². The maximum absolute atomic E-state index is 13.5. The number of halogens is 3. The number of benzene rings is 2. The average Bonchev–Trinajstić information content (AvgIpc) is 2.86. The Balaban J connectivity index is 1.97. The molecule has 8 nitrogen and oxygen atoms in total. The van der Waals surface area contributed by atoms with Crippen LogP contribution in [0.15, 0.2) is 60.7 Å². The summed E-state index contributed by atoms with van der Waals surface area (Å²) in [6.45, 7) is 9.54. The number of alkyl halides is 3. The van der Waals surface area contributed by atoms with Gasteiger partial charge in [-0.1, -0.05) is 81.4 Å². The lowest BCUT2D eigenvalue weighted by molar-refractivity contribution is -0.301. The second-order valence-electron chi connectivity index (χ2n) is 11.1. The fourth-order valence-electron chi connectivity index (χ4n) is 3.76. The first-order valence-electron chi connectivity index (χ1n) is 12.8. The number of aliphatic hydroxyl groups is 1. The zero-order valence-electron chi connectivity index (χ0n) is 23.1. The molecule has 1 aliphatic rings. The van der Waals surface area contributed by atoms with Crippen LogP contribution in [0.25, 0.3) is 0 Å². The summed E-state index contributed by atoms with van der Waals surface area (Å²) in [6.07, 6.45) is -7.95. The van der Waals surface area contributed by atoms with Crippen LogP contribution in [-0.2, 0) is 46.2 Å². The standard InChI is InChI=1S/C27H37F3O8SSi/c1-26(2,3)40(4,5)36-18-21-22(34-16-19-12-8-6-9-13-19)23(38-39(32,33)27(28,29)30)24(25(31)37-21)35-17-20-14-10-7-11-15-20/h6-15,21-25,31H,16-18H2,1-5H3/t21-,22-,23+,24+,25+/m1/s1. The Hall–Kier alpha value is -1.84. The van der Waals surface area contributed by atoms with Crippen molar-refractivity contribution in [3.63, 3.8) is 0 Å². The van der Waals surface area contributed by atoms with Gasteiger partial charge in [0.2, 0.25) is 0 Å². The molecule has 224 valence electrons. The third kappa shape index (κ3) is 8.35. The summed E-state index contributed by atoms with van der Waals surface area (Å²) >= 11 is 0. The highest BCUT2D eigenvalue weighted by Gasteiger charge is 2.56. The molecule has 0 saturated carbocycles. The maximum Gasteiger partial charge on any atom is 0.523 e. The summed E-state index contributed by atoms with van der Waals surface area (Å²) in [6, 6.07) is 17.4. The van der Waals surface area contributed by atoms with Crippen LogP contribution in [0.4, 0.5) is 13.2 Å². The van der Waals surface area contributed by atoms with Gasteiger partial charge in [0.15, 0.2) is 14.6 Å². The van der Waals surface area contributed by atoms with Crippen LogP contribution in [-0.4, -0.2) is 64.7 Å². The largest absolute Gasteiger partial charge is 0.523 e. The molecule has 2 aromatic carbocycles. The zero-order valence-corrected chi connectivity index (χ0v) is 24.9. The van der Waals surface area contributed by atoms with Crippen LogP contribution in [0, 0.1) is 0 Å². The zero-order chi connectivity index (χ0) is 29.8. The van der Waals surface area contributed by atoms with E-state index in [9.17, 15) is 26.7 Å². The van der Waals surface area contributed by atoms with Crippen molar-refractivity contribution in [1.82, 2.24) is 0 Å². The molecule has 0 spiro atoms. The highest BCUT2D eigenvalue weighted by Crippen LogP contribution is 2.38. The number of rotatable bonds is 11. The second kappa shape index (κ2) is 13.0. The van der Waals surface area contributed by atoms with Crippen molar-refractivity contribution in [3.05, 3.63) is 71.8 Å². The summed E-state index contributed by atoms with van der Waals surface area (Å²) in [5.41, 5.74) is -4.40. The molecule has 0 radical (unpaired) electrons. The Morgan fingerprint density at radius 1 is 0.850 bits per heavy atom. The Morgan fingerprint density at radius 3 is 1.77 bits per heavy atom. The lowest BCUT2D eigenvalue weighted by atomic mass is 9.98. The van der Waals surface area contributed by atoms with Crippen LogP contribution in [0.5, 0.6) is 0 Å². The Bertz CT molecular complexity index is 1170. The van der Waals surface area contributed by atoms with Gasteiger partial charge in [0.05, 0.1) is 19.8 Å². The van der Waals surface area contributed by atoms with E-state index in [1.165, 1.54) is 0 Å². The molecule has 40 heavy (non-hydrogen) atoms. The minimum absolute atomic E-state index is 0.0983. The molecule has 13 heteroatoms. The van der Waals surface area contributed by atoms with E-state index in [1.54, 1.807) is 60.7 Å². The van der Waals surface area contributed by atoms with Gasteiger partial charge in [0.1, 0.15) is 24.4 Å². The summed E-state index contributed by atoms with van der Waals surface area (Å²) in [4.78, 5) is 0. The molecule has 1 saturated heterocycles. The predicted molar refractivity (Wildman–Crippen MR) is 144 cm³/mol. The fourth-order valence-corrected chi connectivity index (χ4v) is 5.39. The molecular formula is C27H37F3O8SSi. The quantitative estimate of drug-likeness (QED) is 0.214. The van der Waals surface area contributed by atoms with E-state index in [-0.39, 0.29) is 24.9 Å². The maximum atomic E-state index is 13.5. The fraction of sp³-hybridized carbons (Fsp3) is 0.556. The van der Waals surface area contributed by atoms with Crippen LogP contribution >= 0.6 is 0 Å². The number of aliphatic hydroxyl groups excluding tert-OH is 1. The average molecular weight is 607 g/mol. The second-order valence-corrected chi connectivity index (χ2v) is 17.5. The normalized spacial score (nSPS) is 24.7. The molecule has 3 rings (SSSR count). The minimum Gasteiger partial charge on any atom is -0.414 e. The molecular weight excluding hydrogens is 569 g/mol. The highest BCUT2D eigenvalue weighted by atomic mass is 32.2. The molecule has 0 amide bonds. The van der Waals surface area contributed by atoms with Gasteiger partial charge < -0.3 is 23.7 Å². The van der Waals surface area contributed by atoms with Crippen LogP contribution in [0.2, 0.25) is 18.1 Å². The molecule has 1 heterocycles. The van der Waals surface area contributed by atoms with Crippen molar-refractivity contribution < 1.29 is 49.5 Å². The van der Waals surface area contributed by atoms with Crippen LogP contribution in [0.1, 0.15) is 31.9 Å². The molecule has 1 fully saturated rings. The molecule has 1 N–H and O–H groups in total. The van der Waals surface area contributed by atoms with Crippen molar-refractivity contribution in [3.8, 4) is 0 Å². The van der Waals surface area contributed by atoms with E-state index in [1.807, 2.05) is 33.9 Å². The first kappa shape index (κ1) is 32.7. The molecule has 0 aliphatic carbocycles. The summed E-state index contributed by atoms with van der Waals surface area (Å²) < 4.78 is 93.3. The first-order valence-corrected chi connectivity index (χ1v) is 17.1. The highest BCUT2D eigenvalue weighted by molar-refractivity contribution is 7.87. The summed E-state index contributed by atoms with van der Waals surface area (Å²) in [5.74, 6) is 0. The Labute approximate surface area is 234 Å². The lowest BCUT2D eigenvalue weighted by Gasteiger charge is -2.45. The van der Waals surface area contributed by atoms with Gasteiger partial charge >= 0.3 is 15.6 Å². The van der Waals surface area contributed by atoms with Crippen molar-refractivity contribution >= 4 is 18.4 Å². The third-order valence-corrected chi connectivity index (χ3v) is 12.7. The van der Waals surface area contributed by atoms with Gasteiger partial charge in [-0.05, 0) is 29.3 Å². The van der Waals surface area contributed by atoms with E-state index in [4.69, 9.17) is 22.8 Å². The number of ether oxygens (including phenoxy) is 3. The van der Waals surface area contributed by atoms with Gasteiger partial charge in [0.25, 0.3) is 0 Å². The molecule has 5 atom stereocenters. The Kier molecular flexibility index (Phi) is 10.6. The smallest absolute Gasteiger partial charge is 0.414 e. The van der Waals surface area contributed by atoms with E-state index in [2.05, 4.69) is 0 Å². The van der Waals surface area contributed by atoms with E-state index < -0.39 is 54.6 Å². The summed E-state index contributed by atoms with van der Waals surface area (Å²) in [5, 5.41) is 10.7. The molecule has 0 bridgehead atoms. The van der Waals surface area contributed by atoms with Gasteiger partial charge in [-0.2, -0.15) is 21.6 Å². The van der Waals surface area contributed by atoms with Gasteiger partial charge in [-0.15, -0.1) is 0 Å². The number of hydrogen-bond donors (Lipinski definition) is 1. The lowest BCUT2D eigenvalue weighted by Crippen LogP contribution is -2.62. The van der Waals surface area contributed by atoms with Crippen LogP contribution in [0.3, 0.4) is 0 Å². The third-order valence-electron chi connectivity index (χ3n) is 7.12. The van der Waals surface area contributed by atoms with Gasteiger partial charge in [-0.3, -0.25) is 4.18 Å². The van der Waals surface area contributed by atoms with E-state index >= 15 is 0 Å². The summed E-state index contributed by atoms with van der Waals surface area (Å²) in [7, 11) is -8.49. The predicted octanol–water partition coefficient (Wildman–Crippen LogP) is 5.13. The van der Waals surface area contributed by atoms with Crippen molar-refractivity contribution in [2.24, 2.45) is 0 Å². The SMILES string of the molecule is CC(C)(C)[Si](C)(C)OC[C@H]1O[C@H](O)[C@@H](OCc2ccccc2)[C@@H](OS(=O)(=O)C(F)(F)F)[C@@H]1OCc1ccccc1. The number of hydrogen-bond acceptors (Lipinski definition) is 8. The van der Waals surface area contributed by atoms with Crippen molar-refractivity contribution in [2.45, 2.75) is 88.3 Å². The van der Waals surface area contributed by atoms with Crippen molar-refractivity contribution in [1.29, 1.82) is 0 Å². The Morgan fingerprint density at radius 2 is 1.32 bits per heavy atom. The first-order chi connectivity index (χ1) is 18.5. The monoisotopic (exact) mass is 606 g/mol. The topological polar surface area (TPSA) is 101 Å². The van der Waals surface area contributed by atoms with E-state index in [0.29, 0.717) is 11.1 Å². The van der Waals surface area contributed by atoms with Crippen LogP contribution < -0.4 is 0 Å². The van der Waals surface area contributed by atoms with Gasteiger partial charge in [-0.25, -0.2) is 0 Å². The molecule has 1 aliphatic heterocycles. The molecule has 0 aromatic heterocycles. The molecule has 2 aromatic rings. The minimum atomic E-state index is -6.10. The van der Waals surface area contributed by atoms with Crippen molar-refractivity contribution in [2.75, 3.05) is 6.61 Å².